The maximum atomic E-state index is 6.12. The number of aryl methyl sites for hydroxylation is 1. The van der Waals surface area contributed by atoms with Crippen molar-refractivity contribution >= 4 is 17.3 Å². The molecule has 3 heteroatoms. The molecule has 0 aliphatic carbocycles. The van der Waals surface area contributed by atoms with Crippen LogP contribution in [0.5, 0.6) is 0 Å². The lowest BCUT2D eigenvalue weighted by Gasteiger charge is -2.14. The molecule has 0 amide bonds. The molecule has 0 bridgehead atoms. The average Bonchev–Trinajstić information content (AvgIpc) is 2.70. The second-order valence-electron chi connectivity index (χ2n) is 4.04. The highest BCUT2D eigenvalue weighted by atomic mass is 35.5. The highest BCUT2D eigenvalue weighted by Gasteiger charge is 2.15. The van der Waals surface area contributed by atoms with E-state index in [0.717, 1.165) is 36.9 Å². The number of hydrogen-bond acceptors (Lipinski definition) is 2. The molecule has 1 N–H and O–H groups in total. The molecule has 82 valence electrons. The molecule has 0 radical (unpaired) electrons. The van der Waals surface area contributed by atoms with Gasteiger partial charge >= 0.3 is 0 Å². The van der Waals surface area contributed by atoms with Crippen LogP contribution in [0.3, 0.4) is 0 Å². The molecule has 1 heterocycles. The summed E-state index contributed by atoms with van der Waals surface area (Å²) >= 11 is 6.12. The number of benzene rings is 1. The van der Waals surface area contributed by atoms with Crippen LogP contribution in [0.2, 0.25) is 5.02 Å². The van der Waals surface area contributed by atoms with Crippen molar-refractivity contribution in [3.05, 3.63) is 28.8 Å². The lowest BCUT2D eigenvalue weighted by Crippen LogP contribution is -2.14. The molecule has 2 rings (SSSR count). The van der Waals surface area contributed by atoms with E-state index in [4.69, 9.17) is 16.3 Å². The Morgan fingerprint density at radius 1 is 1.53 bits per heavy atom. The van der Waals surface area contributed by atoms with E-state index < -0.39 is 0 Å². The molecule has 15 heavy (non-hydrogen) atoms. The number of hydrogen-bond donors (Lipinski definition) is 1. The van der Waals surface area contributed by atoms with Gasteiger partial charge in [0, 0.05) is 19.1 Å². The van der Waals surface area contributed by atoms with Crippen molar-refractivity contribution in [2.45, 2.75) is 13.3 Å². The van der Waals surface area contributed by atoms with Gasteiger partial charge in [0.2, 0.25) is 0 Å². The largest absolute Gasteiger partial charge is 0.383 e. The van der Waals surface area contributed by atoms with Crippen molar-refractivity contribution in [3.8, 4) is 0 Å². The first-order valence-corrected chi connectivity index (χ1v) is 5.72. The quantitative estimate of drug-likeness (QED) is 0.854. The third-order valence-corrected chi connectivity index (χ3v) is 3.13. The zero-order valence-corrected chi connectivity index (χ0v) is 9.68. The van der Waals surface area contributed by atoms with Crippen LogP contribution >= 0.6 is 11.6 Å². The normalized spacial score (nSPS) is 20.5. The molecule has 0 aromatic heterocycles. The summed E-state index contributed by atoms with van der Waals surface area (Å²) in [5.41, 5.74) is 2.26. The molecule has 2 nitrogen and oxygen atoms in total. The summed E-state index contributed by atoms with van der Waals surface area (Å²) in [5, 5.41) is 4.21. The van der Waals surface area contributed by atoms with Crippen molar-refractivity contribution in [1.82, 2.24) is 0 Å². The van der Waals surface area contributed by atoms with Gasteiger partial charge in [0.25, 0.3) is 0 Å². The minimum absolute atomic E-state index is 0.626. The molecule has 1 atom stereocenters. The van der Waals surface area contributed by atoms with Crippen LogP contribution in [-0.2, 0) is 4.74 Å². The van der Waals surface area contributed by atoms with Gasteiger partial charge in [-0.15, -0.1) is 0 Å². The molecule has 1 aliphatic rings. The zero-order chi connectivity index (χ0) is 10.7. The van der Waals surface area contributed by atoms with Crippen molar-refractivity contribution in [1.29, 1.82) is 0 Å². The van der Waals surface area contributed by atoms with E-state index in [1.54, 1.807) is 0 Å². The number of halogens is 1. The van der Waals surface area contributed by atoms with Crippen LogP contribution in [-0.4, -0.2) is 19.8 Å². The third-order valence-electron chi connectivity index (χ3n) is 2.81. The maximum Gasteiger partial charge on any atom is 0.0640 e. The molecule has 0 saturated carbocycles. The topological polar surface area (TPSA) is 21.3 Å². The van der Waals surface area contributed by atoms with E-state index >= 15 is 0 Å². The van der Waals surface area contributed by atoms with Crippen molar-refractivity contribution in [2.75, 3.05) is 25.1 Å². The number of rotatable bonds is 3. The van der Waals surface area contributed by atoms with Crippen LogP contribution in [0.25, 0.3) is 0 Å². The maximum absolute atomic E-state index is 6.12. The van der Waals surface area contributed by atoms with E-state index in [-0.39, 0.29) is 0 Å². The van der Waals surface area contributed by atoms with Gasteiger partial charge < -0.3 is 10.1 Å². The van der Waals surface area contributed by atoms with Gasteiger partial charge in [-0.05, 0) is 25.0 Å². The Kier molecular flexibility index (Phi) is 3.49. The first-order chi connectivity index (χ1) is 7.27. The van der Waals surface area contributed by atoms with Crippen LogP contribution < -0.4 is 5.32 Å². The fourth-order valence-corrected chi connectivity index (χ4v) is 2.14. The predicted octanol–water partition coefficient (Wildman–Crippen LogP) is 3.10. The van der Waals surface area contributed by atoms with Gasteiger partial charge in [0.05, 0.1) is 17.3 Å². The van der Waals surface area contributed by atoms with Gasteiger partial charge in [-0.2, -0.15) is 0 Å². The Bertz CT molecular complexity index is 314. The zero-order valence-electron chi connectivity index (χ0n) is 8.92. The number of anilines is 1. The third kappa shape index (κ3) is 2.64. The molecule has 1 unspecified atom stereocenters. The monoisotopic (exact) mass is 225 g/mol. The molecular formula is C12H16ClNO. The summed E-state index contributed by atoms with van der Waals surface area (Å²) < 4.78 is 5.33. The number of nitrogens with one attached hydrogen (secondary N) is 1. The second-order valence-corrected chi connectivity index (χ2v) is 4.45. The first-order valence-electron chi connectivity index (χ1n) is 5.34. The molecule has 0 spiro atoms. The van der Waals surface area contributed by atoms with Gasteiger partial charge in [-0.25, -0.2) is 0 Å². The smallest absolute Gasteiger partial charge is 0.0640 e. The minimum Gasteiger partial charge on any atom is -0.383 e. The highest BCUT2D eigenvalue weighted by Crippen LogP contribution is 2.26. The van der Waals surface area contributed by atoms with Crippen molar-refractivity contribution in [2.24, 2.45) is 5.92 Å². The Morgan fingerprint density at radius 3 is 3.07 bits per heavy atom. The van der Waals surface area contributed by atoms with Crippen LogP contribution in [0.15, 0.2) is 18.2 Å². The van der Waals surface area contributed by atoms with Crippen LogP contribution in [0.1, 0.15) is 12.0 Å². The SMILES string of the molecule is Cc1cccc(Cl)c1NCC1CCOC1. The van der Waals surface area contributed by atoms with Crippen molar-refractivity contribution in [3.63, 3.8) is 0 Å². The second kappa shape index (κ2) is 4.86. The van der Waals surface area contributed by atoms with E-state index in [9.17, 15) is 0 Å². The molecule has 1 saturated heterocycles. The molecule has 1 aromatic rings. The van der Waals surface area contributed by atoms with Gasteiger partial charge in [0.1, 0.15) is 0 Å². The Balaban J connectivity index is 1.97. The lowest BCUT2D eigenvalue weighted by atomic mass is 10.1. The van der Waals surface area contributed by atoms with Gasteiger partial charge in [-0.1, -0.05) is 23.7 Å². The van der Waals surface area contributed by atoms with Gasteiger partial charge in [-0.3, -0.25) is 0 Å². The van der Waals surface area contributed by atoms with E-state index in [0.29, 0.717) is 5.92 Å². The summed E-state index contributed by atoms with van der Waals surface area (Å²) in [6, 6.07) is 5.96. The Morgan fingerprint density at radius 2 is 2.40 bits per heavy atom. The van der Waals surface area contributed by atoms with E-state index in [1.165, 1.54) is 5.56 Å². The van der Waals surface area contributed by atoms with Gasteiger partial charge in [0.15, 0.2) is 0 Å². The fourth-order valence-electron chi connectivity index (χ4n) is 1.85. The first kappa shape index (κ1) is 10.8. The Labute approximate surface area is 95.6 Å². The summed E-state index contributed by atoms with van der Waals surface area (Å²) in [5.74, 6) is 0.626. The fraction of sp³-hybridized carbons (Fsp3) is 0.500. The van der Waals surface area contributed by atoms with Crippen LogP contribution in [0.4, 0.5) is 5.69 Å². The average molecular weight is 226 g/mol. The number of para-hydroxylation sites is 1. The molecule has 1 aromatic carbocycles. The summed E-state index contributed by atoms with van der Waals surface area (Å²) in [6.07, 6.45) is 1.15. The highest BCUT2D eigenvalue weighted by molar-refractivity contribution is 6.33. The predicted molar refractivity (Wildman–Crippen MR) is 63.6 cm³/mol. The Hall–Kier alpha value is -0.730. The minimum atomic E-state index is 0.626. The van der Waals surface area contributed by atoms with Crippen molar-refractivity contribution < 1.29 is 4.74 Å². The van der Waals surface area contributed by atoms with Crippen LogP contribution in [0, 0.1) is 12.8 Å². The van der Waals surface area contributed by atoms with E-state index in [2.05, 4.69) is 18.3 Å². The molecular weight excluding hydrogens is 210 g/mol. The summed E-state index contributed by atoms with van der Waals surface area (Å²) in [7, 11) is 0. The lowest BCUT2D eigenvalue weighted by molar-refractivity contribution is 0.187. The number of ether oxygens (including phenoxy) is 1. The summed E-state index contributed by atoms with van der Waals surface area (Å²) in [4.78, 5) is 0. The molecule has 1 aliphatic heterocycles. The summed E-state index contributed by atoms with van der Waals surface area (Å²) in [6.45, 7) is 4.79. The molecule has 1 fully saturated rings. The van der Waals surface area contributed by atoms with E-state index in [1.807, 2.05) is 12.1 Å². The standard InChI is InChI=1S/C12H16ClNO/c1-9-3-2-4-11(13)12(9)14-7-10-5-6-15-8-10/h2-4,10,14H,5-8H2,1H3.